The second-order valence-electron chi connectivity index (χ2n) is 8.81. The summed E-state index contributed by atoms with van der Waals surface area (Å²) < 4.78 is 19.1. The van der Waals surface area contributed by atoms with Crippen LogP contribution in [0.4, 0.5) is 0 Å². The monoisotopic (exact) mass is 501 g/mol. The third-order valence-corrected chi connectivity index (χ3v) is 5.71. The Morgan fingerprint density at radius 2 is 1.83 bits per heavy atom. The molecule has 0 unspecified atom stereocenters. The molecule has 3 aromatic rings. The fraction of sp³-hybridized carbons (Fsp3) is 0.444. The van der Waals surface area contributed by atoms with Crippen molar-refractivity contribution in [1.29, 1.82) is 0 Å². The number of halogens is 1. The fourth-order valence-electron chi connectivity index (χ4n) is 3.79. The predicted molar refractivity (Wildman–Crippen MR) is 139 cm³/mol. The quantitative estimate of drug-likeness (QED) is 0.327. The van der Waals surface area contributed by atoms with Crippen molar-refractivity contribution in [3.63, 3.8) is 0 Å². The summed E-state index contributed by atoms with van der Waals surface area (Å²) in [5.41, 5.74) is 2.61. The molecule has 0 amide bonds. The molecule has 35 heavy (non-hydrogen) atoms. The number of hydrogen-bond acceptors (Lipinski definition) is 6. The van der Waals surface area contributed by atoms with Gasteiger partial charge in [-0.2, -0.15) is 5.10 Å². The van der Waals surface area contributed by atoms with Crippen molar-refractivity contribution < 1.29 is 19.3 Å². The lowest BCUT2D eigenvalue weighted by Gasteiger charge is -2.25. The van der Waals surface area contributed by atoms with Crippen LogP contribution in [0.5, 0.6) is 17.4 Å². The van der Waals surface area contributed by atoms with Crippen molar-refractivity contribution in [1.82, 2.24) is 14.7 Å². The first-order chi connectivity index (χ1) is 16.8. The minimum Gasteiger partial charge on any atom is -0.497 e. The molecular formula is C27H36ClN3O4. The van der Waals surface area contributed by atoms with Gasteiger partial charge in [0.05, 0.1) is 42.9 Å². The molecule has 0 spiro atoms. The fourth-order valence-corrected chi connectivity index (χ4v) is 3.98. The number of aliphatic hydroxyl groups is 1. The van der Waals surface area contributed by atoms with Gasteiger partial charge in [0.25, 0.3) is 0 Å². The molecular weight excluding hydrogens is 466 g/mol. The van der Waals surface area contributed by atoms with Gasteiger partial charge in [-0.1, -0.05) is 24.6 Å². The number of benzene rings is 2. The van der Waals surface area contributed by atoms with Crippen LogP contribution in [0, 0.1) is 6.92 Å². The van der Waals surface area contributed by atoms with Gasteiger partial charge in [-0.15, -0.1) is 0 Å². The molecule has 0 saturated carbocycles. The maximum atomic E-state index is 10.6. The highest BCUT2D eigenvalue weighted by molar-refractivity contribution is 6.30. The molecule has 8 heteroatoms. The van der Waals surface area contributed by atoms with E-state index in [0.717, 1.165) is 35.7 Å². The number of ether oxygens (including phenoxy) is 3. The molecule has 0 bridgehead atoms. The lowest BCUT2D eigenvalue weighted by molar-refractivity contribution is -0.00957. The molecule has 1 N–H and O–H groups in total. The van der Waals surface area contributed by atoms with Crippen LogP contribution >= 0.6 is 11.6 Å². The Labute approximate surface area is 213 Å². The van der Waals surface area contributed by atoms with Crippen molar-refractivity contribution >= 4 is 11.6 Å². The average molecular weight is 502 g/mol. The summed E-state index contributed by atoms with van der Waals surface area (Å²) in [6.07, 6.45) is 0.443. The standard InChI is InChI=1S/C27H36ClN3O4/c1-6-14-30(16-23(32)18-34-19(2)3)17-26-20(4)29-31(22-9-7-8-21(28)15-22)27(26)35-25-12-10-24(33-5)11-13-25/h7-13,15,19,23,32H,6,14,16-18H2,1-5H3/t23-/m0/s1. The largest absolute Gasteiger partial charge is 0.497 e. The lowest BCUT2D eigenvalue weighted by Crippen LogP contribution is -2.35. The van der Waals surface area contributed by atoms with Crippen molar-refractivity contribution in [2.45, 2.75) is 52.9 Å². The zero-order valence-electron chi connectivity index (χ0n) is 21.2. The Hall–Kier alpha value is -2.58. The molecule has 0 fully saturated rings. The summed E-state index contributed by atoms with van der Waals surface area (Å²) in [6, 6.07) is 15.0. The summed E-state index contributed by atoms with van der Waals surface area (Å²) in [5, 5.41) is 16.0. The van der Waals surface area contributed by atoms with E-state index in [1.165, 1.54) is 0 Å². The van der Waals surface area contributed by atoms with Gasteiger partial charge in [-0.25, -0.2) is 4.68 Å². The van der Waals surface area contributed by atoms with Gasteiger partial charge in [0.1, 0.15) is 11.5 Å². The number of aromatic nitrogens is 2. The van der Waals surface area contributed by atoms with E-state index in [0.29, 0.717) is 36.3 Å². The Kier molecular flexibility index (Phi) is 9.98. The van der Waals surface area contributed by atoms with E-state index in [1.54, 1.807) is 11.8 Å². The number of aliphatic hydroxyl groups excluding tert-OH is 1. The lowest BCUT2D eigenvalue weighted by atomic mass is 10.2. The van der Waals surface area contributed by atoms with Gasteiger partial charge in [-0.05, 0) is 76.2 Å². The van der Waals surface area contributed by atoms with Crippen LogP contribution < -0.4 is 9.47 Å². The van der Waals surface area contributed by atoms with E-state index in [-0.39, 0.29) is 6.10 Å². The summed E-state index contributed by atoms with van der Waals surface area (Å²) in [4.78, 5) is 2.21. The first-order valence-corrected chi connectivity index (χ1v) is 12.4. The maximum Gasteiger partial charge on any atom is 0.227 e. The molecule has 1 atom stereocenters. The molecule has 3 rings (SSSR count). The van der Waals surface area contributed by atoms with E-state index >= 15 is 0 Å². The minimum absolute atomic E-state index is 0.0759. The Balaban J connectivity index is 1.95. The molecule has 0 saturated heterocycles. The molecule has 1 heterocycles. The topological polar surface area (TPSA) is 69.0 Å². The average Bonchev–Trinajstić information content (AvgIpc) is 3.13. The molecule has 1 aromatic heterocycles. The van der Waals surface area contributed by atoms with Gasteiger partial charge >= 0.3 is 0 Å². The van der Waals surface area contributed by atoms with Gasteiger partial charge in [0.15, 0.2) is 0 Å². The molecule has 7 nitrogen and oxygen atoms in total. The highest BCUT2D eigenvalue weighted by Gasteiger charge is 2.23. The summed E-state index contributed by atoms with van der Waals surface area (Å²) in [7, 11) is 1.63. The zero-order valence-corrected chi connectivity index (χ0v) is 22.0. The molecule has 190 valence electrons. The van der Waals surface area contributed by atoms with Crippen LogP contribution in [0.3, 0.4) is 0 Å². The molecule has 0 aliphatic heterocycles. The van der Waals surface area contributed by atoms with Gasteiger partial charge in [-0.3, -0.25) is 4.90 Å². The van der Waals surface area contributed by atoms with Crippen molar-refractivity contribution in [3.05, 3.63) is 64.8 Å². The molecule has 0 aliphatic carbocycles. The molecule has 0 aliphatic rings. The number of rotatable bonds is 13. The van der Waals surface area contributed by atoms with E-state index in [4.69, 9.17) is 30.9 Å². The first kappa shape index (κ1) is 27.0. The minimum atomic E-state index is -0.585. The van der Waals surface area contributed by atoms with Crippen LogP contribution in [0.15, 0.2) is 48.5 Å². The van der Waals surface area contributed by atoms with Crippen LogP contribution in [-0.2, 0) is 11.3 Å². The van der Waals surface area contributed by atoms with Gasteiger partial charge in [0.2, 0.25) is 5.88 Å². The summed E-state index contributed by atoms with van der Waals surface area (Å²) in [5.74, 6) is 2.04. The van der Waals surface area contributed by atoms with Crippen LogP contribution in [0.2, 0.25) is 5.02 Å². The second-order valence-corrected chi connectivity index (χ2v) is 9.25. The maximum absolute atomic E-state index is 10.6. The van der Waals surface area contributed by atoms with E-state index in [2.05, 4.69) is 11.8 Å². The van der Waals surface area contributed by atoms with E-state index < -0.39 is 6.10 Å². The third kappa shape index (κ3) is 7.70. The second kappa shape index (κ2) is 12.9. The van der Waals surface area contributed by atoms with Crippen LogP contribution in [-0.4, -0.2) is 58.8 Å². The van der Waals surface area contributed by atoms with Crippen LogP contribution in [0.1, 0.15) is 38.4 Å². The predicted octanol–water partition coefficient (Wildman–Crippen LogP) is 5.63. The smallest absolute Gasteiger partial charge is 0.227 e. The Morgan fingerprint density at radius 1 is 1.11 bits per heavy atom. The van der Waals surface area contributed by atoms with E-state index in [1.807, 2.05) is 69.3 Å². The van der Waals surface area contributed by atoms with Crippen LogP contribution in [0.25, 0.3) is 5.69 Å². The number of methoxy groups -OCH3 is 1. The normalized spacial score (nSPS) is 12.4. The van der Waals surface area contributed by atoms with Crippen molar-refractivity contribution in [3.8, 4) is 23.1 Å². The highest BCUT2D eigenvalue weighted by atomic mass is 35.5. The van der Waals surface area contributed by atoms with Gasteiger partial charge in [0, 0.05) is 18.1 Å². The van der Waals surface area contributed by atoms with E-state index in [9.17, 15) is 5.11 Å². The number of aryl methyl sites for hydroxylation is 1. The van der Waals surface area contributed by atoms with Gasteiger partial charge < -0.3 is 19.3 Å². The first-order valence-electron chi connectivity index (χ1n) is 12.0. The van der Waals surface area contributed by atoms with Crippen molar-refractivity contribution in [2.75, 3.05) is 26.8 Å². The zero-order chi connectivity index (χ0) is 25.4. The molecule has 0 radical (unpaired) electrons. The Bertz CT molecular complexity index is 1070. The molecule has 2 aromatic carbocycles. The summed E-state index contributed by atoms with van der Waals surface area (Å²) >= 11 is 6.28. The number of hydrogen-bond donors (Lipinski definition) is 1. The SMILES string of the molecule is CCCN(Cc1c(C)nn(-c2cccc(Cl)c2)c1Oc1ccc(OC)cc1)C[C@H](O)COC(C)C. The number of nitrogens with zero attached hydrogens (tertiary/aromatic N) is 3. The Morgan fingerprint density at radius 3 is 2.46 bits per heavy atom. The third-order valence-electron chi connectivity index (χ3n) is 5.48. The summed E-state index contributed by atoms with van der Waals surface area (Å²) in [6.45, 7) is 10.2. The van der Waals surface area contributed by atoms with Crippen molar-refractivity contribution in [2.24, 2.45) is 0 Å². The highest BCUT2D eigenvalue weighted by Crippen LogP contribution is 2.33.